The summed E-state index contributed by atoms with van der Waals surface area (Å²) in [5.74, 6) is -0.609. The molecule has 1 heterocycles. The Morgan fingerprint density at radius 2 is 1.56 bits per heavy atom. The number of hydrogen-bond acceptors (Lipinski definition) is 5. The van der Waals surface area contributed by atoms with Crippen LogP contribution < -0.4 is 14.3 Å². The second-order valence-corrected chi connectivity index (χ2v) is 13.2. The fourth-order valence-corrected chi connectivity index (χ4v) is 7.24. The highest BCUT2D eigenvalue weighted by Gasteiger charge is 2.36. The molecule has 4 aromatic rings. The van der Waals surface area contributed by atoms with E-state index in [-0.39, 0.29) is 9.79 Å². The van der Waals surface area contributed by atoms with Gasteiger partial charge in [0.15, 0.2) is 0 Å². The van der Waals surface area contributed by atoms with E-state index in [0.717, 1.165) is 9.87 Å². The van der Waals surface area contributed by atoms with Crippen molar-refractivity contribution in [1.29, 1.82) is 0 Å². The van der Waals surface area contributed by atoms with Crippen molar-refractivity contribution in [3.05, 3.63) is 101 Å². The highest BCUT2D eigenvalue weighted by molar-refractivity contribution is 7.93. The summed E-state index contributed by atoms with van der Waals surface area (Å²) in [5.41, 5.74) is 2.85. The van der Waals surface area contributed by atoms with E-state index in [9.17, 15) is 21.6 Å². The Morgan fingerprint density at radius 1 is 0.872 bits per heavy atom. The third-order valence-corrected chi connectivity index (χ3v) is 9.99. The molecular formula is C27H21Cl2N3O5S2. The van der Waals surface area contributed by atoms with Gasteiger partial charge in [-0.25, -0.2) is 16.8 Å². The summed E-state index contributed by atoms with van der Waals surface area (Å²) in [5, 5.41) is 3.49. The number of aryl methyl sites for hydroxylation is 1. The van der Waals surface area contributed by atoms with Crippen LogP contribution in [0.5, 0.6) is 0 Å². The van der Waals surface area contributed by atoms with Gasteiger partial charge in [0.25, 0.3) is 20.0 Å². The lowest BCUT2D eigenvalue weighted by atomic mass is 10.0. The molecule has 1 amide bonds. The summed E-state index contributed by atoms with van der Waals surface area (Å²) in [7, 11) is -7.94. The maximum absolute atomic E-state index is 13.4. The molecule has 12 heteroatoms. The number of nitrogens with zero attached hydrogens (tertiary/aromatic N) is 1. The van der Waals surface area contributed by atoms with Crippen molar-refractivity contribution in [2.24, 2.45) is 0 Å². The molecule has 39 heavy (non-hydrogen) atoms. The summed E-state index contributed by atoms with van der Waals surface area (Å²) in [6.45, 7) is 1.31. The zero-order chi connectivity index (χ0) is 27.9. The summed E-state index contributed by atoms with van der Waals surface area (Å²) in [4.78, 5) is 13.0. The second kappa shape index (κ2) is 10.2. The minimum absolute atomic E-state index is 0.0294. The fourth-order valence-electron chi connectivity index (χ4n) is 4.19. The molecule has 8 nitrogen and oxygen atoms in total. The number of carbonyl (C=O) groups excluding carboxylic acids is 1. The Bertz CT molecular complexity index is 1830. The Hall–Kier alpha value is -3.57. The molecule has 0 bridgehead atoms. The van der Waals surface area contributed by atoms with Gasteiger partial charge < -0.3 is 5.32 Å². The molecule has 0 fully saturated rings. The number of nitrogens with one attached hydrogen (secondary N) is 2. The van der Waals surface area contributed by atoms with Crippen LogP contribution in [0.25, 0.3) is 11.1 Å². The number of amides is 1. The largest absolute Gasteiger partial charge is 0.325 e. The number of benzene rings is 4. The number of sulfonamides is 2. The first-order valence-corrected chi connectivity index (χ1v) is 15.2. The van der Waals surface area contributed by atoms with Crippen molar-refractivity contribution < 1.29 is 21.6 Å². The Kier molecular flexibility index (Phi) is 7.06. The van der Waals surface area contributed by atoms with Gasteiger partial charge in [-0.3, -0.25) is 13.8 Å². The maximum atomic E-state index is 13.4. The first-order chi connectivity index (χ1) is 18.5. The SMILES string of the molecule is Cc1ccc(NS(=O)(=O)c2ccc(NC(=O)CN3c4ccc(Cl)cc4-c4ccccc4S3(=O)=O)cc2)cc1Cl. The van der Waals surface area contributed by atoms with Gasteiger partial charge in [0.2, 0.25) is 5.91 Å². The van der Waals surface area contributed by atoms with Crippen LogP contribution in [0.1, 0.15) is 5.56 Å². The predicted molar refractivity (Wildman–Crippen MR) is 153 cm³/mol. The van der Waals surface area contributed by atoms with Crippen molar-refractivity contribution in [3.8, 4) is 11.1 Å². The van der Waals surface area contributed by atoms with Crippen molar-refractivity contribution in [1.82, 2.24) is 0 Å². The van der Waals surface area contributed by atoms with E-state index in [4.69, 9.17) is 23.2 Å². The Balaban J connectivity index is 1.34. The minimum atomic E-state index is -4.03. The van der Waals surface area contributed by atoms with Gasteiger partial charge in [-0.05, 0) is 73.2 Å². The molecule has 0 saturated carbocycles. The quantitative estimate of drug-likeness (QED) is 0.285. The van der Waals surface area contributed by atoms with Crippen LogP contribution in [0.2, 0.25) is 10.0 Å². The Labute approximate surface area is 236 Å². The zero-order valence-electron chi connectivity index (χ0n) is 20.4. The van der Waals surface area contributed by atoms with Gasteiger partial charge in [0.05, 0.1) is 21.2 Å². The molecule has 1 aliphatic heterocycles. The van der Waals surface area contributed by atoms with Crippen LogP contribution in [0.15, 0.2) is 94.7 Å². The average Bonchev–Trinajstić information content (AvgIpc) is 2.89. The average molecular weight is 603 g/mol. The minimum Gasteiger partial charge on any atom is -0.325 e. The van der Waals surface area contributed by atoms with Gasteiger partial charge in [-0.15, -0.1) is 0 Å². The first-order valence-electron chi connectivity index (χ1n) is 11.6. The number of fused-ring (bicyclic) bond motifs is 3. The summed E-state index contributed by atoms with van der Waals surface area (Å²) < 4.78 is 55.9. The Morgan fingerprint density at radius 3 is 2.28 bits per heavy atom. The van der Waals surface area contributed by atoms with E-state index in [1.54, 1.807) is 48.5 Å². The lowest BCUT2D eigenvalue weighted by molar-refractivity contribution is -0.114. The molecule has 0 unspecified atom stereocenters. The predicted octanol–water partition coefficient (Wildman–Crippen LogP) is 5.92. The zero-order valence-corrected chi connectivity index (χ0v) is 23.5. The van der Waals surface area contributed by atoms with E-state index in [1.807, 2.05) is 6.92 Å². The molecule has 0 aromatic heterocycles. The molecule has 0 aliphatic carbocycles. The molecule has 2 N–H and O–H groups in total. The van der Waals surface area contributed by atoms with Crippen LogP contribution in [-0.2, 0) is 24.8 Å². The van der Waals surface area contributed by atoms with Crippen LogP contribution in [0.3, 0.4) is 0 Å². The molecule has 4 aromatic carbocycles. The van der Waals surface area contributed by atoms with E-state index >= 15 is 0 Å². The van der Waals surface area contributed by atoms with Crippen molar-refractivity contribution in [2.45, 2.75) is 16.7 Å². The normalized spacial score (nSPS) is 13.8. The number of rotatable bonds is 6. The molecular weight excluding hydrogens is 581 g/mol. The smallest absolute Gasteiger partial charge is 0.265 e. The summed E-state index contributed by atoms with van der Waals surface area (Å²) >= 11 is 12.3. The molecule has 5 rings (SSSR count). The van der Waals surface area contributed by atoms with Crippen molar-refractivity contribution in [2.75, 3.05) is 20.9 Å². The standard InChI is InChI=1S/C27H21Cl2N3O5S2/c1-17-6-8-20(15-24(17)29)31-38(34,35)21-11-9-19(10-12-21)30-27(33)16-32-25-13-7-18(28)14-23(25)22-4-2-3-5-26(22)39(32,36)37/h2-15,31H,16H2,1H3,(H,30,33). The van der Waals surface area contributed by atoms with E-state index in [2.05, 4.69) is 10.0 Å². The molecule has 0 saturated heterocycles. The van der Waals surface area contributed by atoms with E-state index < -0.39 is 32.5 Å². The van der Waals surface area contributed by atoms with Gasteiger partial charge >= 0.3 is 0 Å². The fraction of sp³-hybridized carbons (Fsp3) is 0.0741. The number of hydrogen-bond donors (Lipinski definition) is 2. The lowest BCUT2D eigenvalue weighted by Crippen LogP contribution is -2.40. The molecule has 0 radical (unpaired) electrons. The molecule has 0 atom stereocenters. The molecule has 0 spiro atoms. The highest BCUT2D eigenvalue weighted by Crippen LogP contribution is 2.43. The summed E-state index contributed by atoms with van der Waals surface area (Å²) in [6, 6.07) is 21.6. The molecule has 1 aliphatic rings. The summed E-state index contributed by atoms with van der Waals surface area (Å²) in [6.07, 6.45) is 0. The van der Waals surface area contributed by atoms with E-state index in [1.165, 1.54) is 36.4 Å². The third-order valence-electron chi connectivity index (χ3n) is 6.13. The third kappa shape index (κ3) is 5.33. The lowest BCUT2D eigenvalue weighted by Gasteiger charge is -2.31. The van der Waals surface area contributed by atoms with Gasteiger partial charge in [-0.1, -0.05) is 47.5 Å². The van der Waals surface area contributed by atoms with E-state index in [0.29, 0.717) is 38.2 Å². The second-order valence-electron chi connectivity index (χ2n) is 8.81. The van der Waals surface area contributed by atoms with Crippen LogP contribution in [0.4, 0.5) is 17.1 Å². The van der Waals surface area contributed by atoms with Crippen LogP contribution in [-0.4, -0.2) is 29.3 Å². The van der Waals surface area contributed by atoms with Crippen molar-refractivity contribution in [3.63, 3.8) is 0 Å². The van der Waals surface area contributed by atoms with Gasteiger partial charge in [-0.2, -0.15) is 0 Å². The highest BCUT2D eigenvalue weighted by atomic mass is 35.5. The molecule has 200 valence electrons. The van der Waals surface area contributed by atoms with Gasteiger partial charge in [0.1, 0.15) is 6.54 Å². The first kappa shape index (κ1) is 27.0. The van der Waals surface area contributed by atoms with Crippen LogP contribution in [0, 0.1) is 6.92 Å². The number of halogens is 2. The van der Waals surface area contributed by atoms with Crippen LogP contribution >= 0.6 is 23.2 Å². The maximum Gasteiger partial charge on any atom is 0.265 e. The monoisotopic (exact) mass is 601 g/mol. The van der Waals surface area contributed by atoms with Gasteiger partial charge in [0, 0.05) is 26.9 Å². The van der Waals surface area contributed by atoms with Crippen molar-refractivity contribution >= 4 is 66.2 Å². The topological polar surface area (TPSA) is 113 Å². The number of anilines is 3. The number of carbonyl (C=O) groups is 1.